The molecule has 1 aliphatic rings. The van der Waals surface area contributed by atoms with Crippen molar-refractivity contribution in [3.63, 3.8) is 0 Å². The third-order valence-electron chi connectivity index (χ3n) is 3.77. The number of thiophene rings is 1. The Morgan fingerprint density at radius 2 is 1.95 bits per heavy atom. The fourth-order valence-corrected chi connectivity index (χ4v) is 4.04. The molecule has 22 heavy (non-hydrogen) atoms. The molecule has 1 aliphatic heterocycles. The number of carbonyl (C=O) groups excluding carboxylic acids is 1. The maximum atomic E-state index is 12.3. The second-order valence-electron chi connectivity index (χ2n) is 5.28. The molecule has 2 aromatic rings. The minimum atomic E-state index is 0. The molecule has 2 heterocycles. The zero-order chi connectivity index (χ0) is 14.7. The quantitative estimate of drug-likeness (QED) is 0.503. The third-order valence-corrected chi connectivity index (χ3v) is 5.44. The highest BCUT2D eigenvalue weighted by Crippen LogP contribution is 2.22. The van der Waals surface area contributed by atoms with Gasteiger partial charge < -0.3 is 17.0 Å². The Bertz CT molecular complexity index is 679. The lowest BCUT2D eigenvalue weighted by atomic mass is 10.1. The summed E-state index contributed by atoms with van der Waals surface area (Å²) in [6.45, 7) is 1.51. The van der Waals surface area contributed by atoms with Crippen LogP contribution in [0.3, 0.4) is 0 Å². The van der Waals surface area contributed by atoms with Crippen LogP contribution in [0.4, 0.5) is 0 Å². The molecule has 0 bridgehead atoms. The predicted octanol–water partition coefficient (Wildman–Crippen LogP) is 1.19. The van der Waals surface area contributed by atoms with Crippen LogP contribution in [0.5, 0.6) is 0 Å². The van der Waals surface area contributed by atoms with Gasteiger partial charge in [-0.2, -0.15) is 0 Å². The normalized spacial score (nSPS) is 14.0. The van der Waals surface area contributed by atoms with Gasteiger partial charge in [-0.3, -0.25) is 4.79 Å². The summed E-state index contributed by atoms with van der Waals surface area (Å²) in [4.78, 5) is 13.2. The van der Waals surface area contributed by atoms with E-state index < -0.39 is 0 Å². The highest BCUT2D eigenvalue weighted by molar-refractivity contribution is 9.11. The van der Waals surface area contributed by atoms with E-state index in [1.165, 1.54) is 22.6 Å². The molecule has 0 spiro atoms. The van der Waals surface area contributed by atoms with Crippen molar-refractivity contribution >= 4 is 38.8 Å². The summed E-state index contributed by atoms with van der Waals surface area (Å²) in [6, 6.07) is 14.3. The first-order chi connectivity index (χ1) is 10.2. The van der Waals surface area contributed by atoms with Gasteiger partial charge in [0.1, 0.15) is 6.54 Å². The van der Waals surface area contributed by atoms with Crippen LogP contribution in [0.1, 0.15) is 28.1 Å². The van der Waals surface area contributed by atoms with Crippen LogP contribution in [0.15, 0.2) is 46.3 Å². The van der Waals surface area contributed by atoms with E-state index >= 15 is 0 Å². The monoisotopic (exact) mass is 441 g/mol. The Kier molecular flexibility index (Phi) is 6.53. The molecule has 0 atom stereocenters. The Hall–Kier alpha value is -0.780. The lowest BCUT2D eigenvalue weighted by Crippen LogP contribution is -3.00. The highest BCUT2D eigenvalue weighted by Gasteiger charge is 2.25. The average Bonchev–Trinajstić information content (AvgIpc) is 3.10. The highest BCUT2D eigenvalue weighted by atomic mass is 79.9. The number of nitrogens with zero attached hydrogens (tertiary/aromatic N) is 1. The lowest BCUT2D eigenvalue weighted by molar-refractivity contribution is -0.507. The Morgan fingerprint density at radius 3 is 2.64 bits per heavy atom. The van der Waals surface area contributed by atoms with Gasteiger partial charge in [0.25, 0.3) is 0 Å². The molecule has 0 aliphatic carbocycles. The maximum Gasteiger partial charge on any atom is 0.236 e. The first-order valence-electron chi connectivity index (χ1n) is 7.14. The fraction of sp³-hybridized carbons (Fsp3) is 0.294. The van der Waals surface area contributed by atoms with Crippen LogP contribution >= 0.6 is 27.3 Å². The van der Waals surface area contributed by atoms with Crippen LogP contribution in [0.25, 0.3) is 0 Å². The van der Waals surface area contributed by atoms with Crippen LogP contribution in [-0.2, 0) is 6.42 Å². The van der Waals surface area contributed by atoms with Crippen LogP contribution in [-0.4, -0.2) is 29.2 Å². The van der Waals surface area contributed by atoms with E-state index in [2.05, 4.69) is 44.8 Å². The molecule has 3 rings (SSSR count). The Morgan fingerprint density at radius 1 is 1.18 bits per heavy atom. The number of hydrogen-bond donors (Lipinski definition) is 0. The van der Waals surface area contributed by atoms with Crippen molar-refractivity contribution in [2.24, 2.45) is 0 Å². The number of halogens is 2. The second-order valence-corrected chi connectivity index (χ2v) is 7.74. The van der Waals surface area contributed by atoms with Crippen molar-refractivity contribution in [1.82, 2.24) is 0 Å². The van der Waals surface area contributed by atoms with E-state index in [1.807, 2.05) is 18.2 Å². The van der Waals surface area contributed by atoms with Crippen molar-refractivity contribution < 1.29 is 26.4 Å². The van der Waals surface area contributed by atoms with Gasteiger partial charge in [0.2, 0.25) is 12.3 Å². The summed E-state index contributed by atoms with van der Waals surface area (Å²) >= 11 is 4.93. The number of benzene rings is 1. The standard InChI is InChI=1S/C17H17BrNOS.BrH/c18-17-9-8-16(21-17)15(20)12-19-10-4-7-14(19)11-13-5-2-1-3-6-13;/h1-3,5-6,8-9H,4,7,10-12H2;1H/q+1;/p-1. The molecule has 0 unspecified atom stereocenters. The summed E-state index contributed by atoms with van der Waals surface area (Å²) < 4.78 is 3.28. The molecule has 0 saturated heterocycles. The van der Waals surface area contributed by atoms with Crippen molar-refractivity contribution in [3.05, 3.63) is 56.7 Å². The summed E-state index contributed by atoms with van der Waals surface area (Å²) in [7, 11) is 0. The molecule has 116 valence electrons. The van der Waals surface area contributed by atoms with Gasteiger partial charge in [-0.25, -0.2) is 4.58 Å². The van der Waals surface area contributed by atoms with Gasteiger partial charge in [-0.1, -0.05) is 30.3 Å². The first-order valence-corrected chi connectivity index (χ1v) is 8.75. The van der Waals surface area contributed by atoms with Gasteiger partial charge >= 0.3 is 0 Å². The molecule has 2 nitrogen and oxygen atoms in total. The van der Waals surface area contributed by atoms with Crippen LogP contribution in [0, 0.1) is 0 Å². The minimum Gasteiger partial charge on any atom is -1.00 e. The SMILES string of the molecule is O=C(C[N+]1=C(Cc2ccccc2)CCC1)c1ccc(Br)s1.[Br-]. The molecule has 0 fully saturated rings. The third kappa shape index (κ3) is 4.37. The first kappa shape index (κ1) is 17.6. The molecule has 0 N–H and O–H groups in total. The molecule has 0 radical (unpaired) electrons. The van der Waals surface area contributed by atoms with Crippen molar-refractivity contribution in [3.8, 4) is 0 Å². The second kappa shape index (κ2) is 8.18. The molecule has 0 amide bonds. The molecule has 1 aromatic heterocycles. The van der Waals surface area contributed by atoms with Gasteiger partial charge in [-0.15, -0.1) is 11.3 Å². The van der Waals surface area contributed by atoms with Crippen LogP contribution in [0.2, 0.25) is 0 Å². The van der Waals surface area contributed by atoms with Crippen molar-refractivity contribution in [2.75, 3.05) is 13.1 Å². The number of Topliss-reactive ketones (excluding diaryl/α,β-unsaturated/α-hetero) is 1. The Labute approximate surface area is 153 Å². The minimum absolute atomic E-state index is 0. The Balaban J connectivity index is 0.00000176. The summed E-state index contributed by atoms with van der Waals surface area (Å²) in [6.07, 6.45) is 3.22. The van der Waals surface area contributed by atoms with E-state index in [9.17, 15) is 4.79 Å². The van der Waals surface area contributed by atoms with E-state index in [4.69, 9.17) is 0 Å². The number of ketones is 1. The molecular weight excluding hydrogens is 426 g/mol. The number of hydrogen-bond acceptors (Lipinski definition) is 2. The largest absolute Gasteiger partial charge is 1.00 e. The number of carbonyl (C=O) groups is 1. The number of rotatable bonds is 5. The van der Waals surface area contributed by atoms with Gasteiger partial charge in [-0.05, 0) is 33.6 Å². The molecular formula is C17H17Br2NOS. The topological polar surface area (TPSA) is 20.1 Å². The van der Waals surface area contributed by atoms with E-state index in [0.717, 1.165) is 34.5 Å². The van der Waals surface area contributed by atoms with Crippen molar-refractivity contribution in [2.45, 2.75) is 19.3 Å². The summed E-state index contributed by atoms with van der Waals surface area (Å²) in [5.41, 5.74) is 2.72. The summed E-state index contributed by atoms with van der Waals surface area (Å²) in [5, 5.41) is 0. The predicted molar refractivity (Wildman–Crippen MR) is 90.7 cm³/mol. The van der Waals surface area contributed by atoms with Gasteiger partial charge in [0, 0.05) is 12.8 Å². The molecule has 1 aromatic carbocycles. The van der Waals surface area contributed by atoms with E-state index in [0.29, 0.717) is 6.54 Å². The zero-order valence-corrected chi connectivity index (χ0v) is 16.1. The summed E-state index contributed by atoms with van der Waals surface area (Å²) in [5.74, 6) is 0.221. The average molecular weight is 443 g/mol. The van der Waals surface area contributed by atoms with Crippen LogP contribution < -0.4 is 17.0 Å². The molecule has 5 heteroatoms. The molecule has 0 saturated carbocycles. The maximum absolute atomic E-state index is 12.3. The smallest absolute Gasteiger partial charge is 0.236 e. The van der Waals surface area contributed by atoms with E-state index in [1.54, 1.807) is 0 Å². The fourth-order valence-electron chi connectivity index (χ4n) is 2.73. The van der Waals surface area contributed by atoms with Gasteiger partial charge in [0.05, 0.1) is 15.1 Å². The lowest BCUT2D eigenvalue weighted by Gasteiger charge is -2.02. The van der Waals surface area contributed by atoms with E-state index in [-0.39, 0.29) is 22.8 Å². The van der Waals surface area contributed by atoms with Crippen molar-refractivity contribution in [1.29, 1.82) is 0 Å². The zero-order valence-electron chi connectivity index (χ0n) is 12.1. The van der Waals surface area contributed by atoms with Gasteiger partial charge in [0.15, 0.2) is 5.71 Å².